The zero-order valence-electron chi connectivity index (χ0n) is 13.1. The quantitative estimate of drug-likeness (QED) is 0.646. The fraction of sp³-hybridized carbons (Fsp3) is 0.562. The molecule has 0 aliphatic carbocycles. The summed E-state index contributed by atoms with van der Waals surface area (Å²) in [5.41, 5.74) is 1.31. The van der Waals surface area contributed by atoms with Crippen molar-refractivity contribution in [3.05, 3.63) is 28.7 Å². The summed E-state index contributed by atoms with van der Waals surface area (Å²) in [4.78, 5) is 6.71. The first-order valence-corrected chi connectivity index (χ1v) is 8.35. The number of nitrogens with zero attached hydrogens (tertiary/aromatic N) is 2. The van der Waals surface area contributed by atoms with Crippen molar-refractivity contribution >= 4 is 27.6 Å². The molecule has 1 fully saturated rings. The molecule has 1 aromatic carbocycles. The summed E-state index contributed by atoms with van der Waals surface area (Å²) in [6.07, 6.45) is 1.22. The van der Waals surface area contributed by atoms with Crippen LogP contribution in [0.25, 0.3) is 0 Å². The fourth-order valence-corrected chi connectivity index (χ4v) is 2.86. The van der Waals surface area contributed by atoms with E-state index >= 15 is 0 Å². The number of nitrogens with one attached hydrogen (secondary N) is 2. The molecule has 1 saturated heterocycles. The topological polar surface area (TPSA) is 39.7 Å². The van der Waals surface area contributed by atoms with Crippen molar-refractivity contribution in [3.8, 4) is 0 Å². The van der Waals surface area contributed by atoms with E-state index in [1.165, 1.54) is 12.1 Å². The summed E-state index contributed by atoms with van der Waals surface area (Å²) in [7, 11) is 1.82. The lowest BCUT2D eigenvalue weighted by molar-refractivity contribution is 0.561. The Kier molecular flexibility index (Phi) is 5.91. The third-order valence-corrected chi connectivity index (χ3v) is 4.21. The van der Waals surface area contributed by atoms with Gasteiger partial charge < -0.3 is 15.5 Å². The number of aliphatic imine (C=N–C) groups is 1. The SMILES string of the molecule is CN=C(NCC1CCN(c2ccc(Br)cc2)C1)NC(C)C. The number of halogens is 1. The molecule has 2 N–H and O–H groups in total. The van der Waals surface area contributed by atoms with E-state index in [0.29, 0.717) is 12.0 Å². The lowest BCUT2D eigenvalue weighted by Gasteiger charge is -2.20. The van der Waals surface area contributed by atoms with Crippen molar-refractivity contribution in [2.45, 2.75) is 26.3 Å². The summed E-state index contributed by atoms with van der Waals surface area (Å²) in [6.45, 7) is 7.45. The molecule has 1 aliphatic rings. The Morgan fingerprint density at radius 2 is 2.10 bits per heavy atom. The molecule has 116 valence electrons. The Bertz CT molecular complexity index is 470. The molecule has 1 aliphatic heterocycles. The van der Waals surface area contributed by atoms with Crippen LogP contribution in [-0.4, -0.2) is 38.7 Å². The molecule has 0 radical (unpaired) electrons. The van der Waals surface area contributed by atoms with E-state index in [-0.39, 0.29) is 0 Å². The second kappa shape index (κ2) is 7.69. The smallest absolute Gasteiger partial charge is 0.191 e. The number of guanidine groups is 1. The van der Waals surface area contributed by atoms with Crippen molar-refractivity contribution in [1.29, 1.82) is 0 Å². The number of hydrogen-bond donors (Lipinski definition) is 2. The van der Waals surface area contributed by atoms with E-state index in [9.17, 15) is 0 Å². The van der Waals surface area contributed by atoms with Gasteiger partial charge in [0.15, 0.2) is 5.96 Å². The minimum Gasteiger partial charge on any atom is -0.371 e. The zero-order valence-corrected chi connectivity index (χ0v) is 14.7. The molecule has 1 unspecified atom stereocenters. The first kappa shape index (κ1) is 16.1. The highest BCUT2D eigenvalue weighted by atomic mass is 79.9. The molecular formula is C16H25BrN4. The lowest BCUT2D eigenvalue weighted by Crippen LogP contribution is -2.43. The Morgan fingerprint density at radius 3 is 2.71 bits per heavy atom. The van der Waals surface area contributed by atoms with Crippen LogP contribution in [0.3, 0.4) is 0 Å². The van der Waals surface area contributed by atoms with Gasteiger partial charge >= 0.3 is 0 Å². The van der Waals surface area contributed by atoms with Crippen LogP contribution in [0.4, 0.5) is 5.69 Å². The molecule has 4 nitrogen and oxygen atoms in total. The van der Waals surface area contributed by atoms with E-state index in [1.807, 2.05) is 7.05 Å². The van der Waals surface area contributed by atoms with Gasteiger partial charge in [-0.1, -0.05) is 15.9 Å². The van der Waals surface area contributed by atoms with Gasteiger partial charge in [-0.2, -0.15) is 0 Å². The first-order chi connectivity index (χ1) is 10.1. The van der Waals surface area contributed by atoms with Crippen molar-refractivity contribution in [2.75, 3.05) is 31.6 Å². The molecule has 1 heterocycles. The molecule has 1 atom stereocenters. The first-order valence-electron chi connectivity index (χ1n) is 7.56. The number of anilines is 1. The van der Waals surface area contributed by atoms with Gasteiger partial charge in [0.2, 0.25) is 0 Å². The van der Waals surface area contributed by atoms with Gasteiger partial charge in [0.05, 0.1) is 0 Å². The maximum atomic E-state index is 4.25. The van der Waals surface area contributed by atoms with E-state index in [1.54, 1.807) is 0 Å². The molecule has 5 heteroatoms. The van der Waals surface area contributed by atoms with Gasteiger partial charge in [-0.15, -0.1) is 0 Å². The maximum Gasteiger partial charge on any atom is 0.191 e. The molecular weight excluding hydrogens is 328 g/mol. The van der Waals surface area contributed by atoms with Crippen LogP contribution in [-0.2, 0) is 0 Å². The van der Waals surface area contributed by atoms with E-state index in [0.717, 1.165) is 30.1 Å². The van der Waals surface area contributed by atoms with Crippen LogP contribution in [0.15, 0.2) is 33.7 Å². The van der Waals surface area contributed by atoms with Gasteiger partial charge in [0.1, 0.15) is 0 Å². The summed E-state index contributed by atoms with van der Waals surface area (Å²) in [5, 5.41) is 6.75. The second-order valence-corrected chi connectivity index (χ2v) is 6.74. The third kappa shape index (κ3) is 4.92. The number of rotatable bonds is 4. The normalized spacial score (nSPS) is 19.2. The van der Waals surface area contributed by atoms with Crippen LogP contribution in [0.2, 0.25) is 0 Å². The Labute approximate surface area is 136 Å². The highest BCUT2D eigenvalue weighted by molar-refractivity contribution is 9.10. The van der Waals surface area contributed by atoms with Gasteiger partial charge in [0.25, 0.3) is 0 Å². The van der Waals surface area contributed by atoms with Crippen LogP contribution in [0, 0.1) is 5.92 Å². The standard InChI is InChI=1S/C16H25BrN4/c1-12(2)20-16(18-3)19-10-13-8-9-21(11-13)15-6-4-14(17)5-7-15/h4-7,12-13H,8-11H2,1-3H3,(H2,18,19,20). The van der Waals surface area contributed by atoms with Gasteiger partial charge in [-0.3, -0.25) is 4.99 Å². The van der Waals surface area contributed by atoms with Crippen molar-refractivity contribution in [1.82, 2.24) is 10.6 Å². The van der Waals surface area contributed by atoms with Crippen molar-refractivity contribution in [3.63, 3.8) is 0 Å². The maximum absolute atomic E-state index is 4.25. The summed E-state index contributed by atoms with van der Waals surface area (Å²) < 4.78 is 1.13. The number of hydrogen-bond acceptors (Lipinski definition) is 2. The lowest BCUT2D eigenvalue weighted by atomic mass is 10.1. The van der Waals surface area contributed by atoms with Crippen LogP contribution < -0.4 is 15.5 Å². The highest BCUT2D eigenvalue weighted by Gasteiger charge is 2.22. The summed E-state index contributed by atoms with van der Waals surface area (Å²) in [6, 6.07) is 8.97. The van der Waals surface area contributed by atoms with Gasteiger partial charge in [-0.05, 0) is 50.5 Å². The number of benzene rings is 1. The van der Waals surface area contributed by atoms with Gasteiger partial charge in [0, 0.05) is 42.9 Å². The predicted molar refractivity (Wildman–Crippen MR) is 94.1 cm³/mol. The van der Waals surface area contributed by atoms with E-state index in [2.05, 4.69) is 74.6 Å². The highest BCUT2D eigenvalue weighted by Crippen LogP contribution is 2.24. The van der Waals surface area contributed by atoms with E-state index < -0.39 is 0 Å². The van der Waals surface area contributed by atoms with Crippen LogP contribution >= 0.6 is 15.9 Å². The summed E-state index contributed by atoms with van der Waals surface area (Å²) >= 11 is 3.49. The molecule has 0 spiro atoms. The van der Waals surface area contributed by atoms with Crippen LogP contribution in [0.5, 0.6) is 0 Å². The molecule has 0 saturated carbocycles. The average Bonchev–Trinajstić information content (AvgIpc) is 2.92. The monoisotopic (exact) mass is 352 g/mol. The molecule has 0 amide bonds. The zero-order chi connectivity index (χ0) is 15.2. The minimum absolute atomic E-state index is 0.402. The Morgan fingerprint density at radius 1 is 1.38 bits per heavy atom. The fourth-order valence-electron chi connectivity index (χ4n) is 2.59. The molecule has 0 aromatic heterocycles. The molecule has 1 aromatic rings. The predicted octanol–water partition coefficient (Wildman–Crippen LogP) is 2.85. The minimum atomic E-state index is 0.402. The van der Waals surface area contributed by atoms with Gasteiger partial charge in [-0.25, -0.2) is 0 Å². The van der Waals surface area contributed by atoms with E-state index in [4.69, 9.17) is 0 Å². The average molecular weight is 353 g/mol. The largest absolute Gasteiger partial charge is 0.371 e. The Balaban J connectivity index is 1.81. The Hall–Kier alpha value is -1.23. The van der Waals surface area contributed by atoms with Crippen molar-refractivity contribution in [2.24, 2.45) is 10.9 Å². The molecule has 0 bridgehead atoms. The third-order valence-electron chi connectivity index (χ3n) is 3.68. The van der Waals surface area contributed by atoms with Crippen molar-refractivity contribution < 1.29 is 0 Å². The molecule has 21 heavy (non-hydrogen) atoms. The van der Waals surface area contributed by atoms with Crippen LogP contribution in [0.1, 0.15) is 20.3 Å². The molecule has 2 rings (SSSR count). The summed E-state index contributed by atoms with van der Waals surface area (Å²) in [5.74, 6) is 1.56. The second-order valence-electron chi connectivity index (χ2n) is 5.83.